The van der Waals surface area contributed by atoms with E-state index in [-0.39, 0.29) is 5.56 Å². The minimum Gasteiger partial charge on any atom is -0.266 e. The molecule has 4 aromatic rings. The second kappa shape index (κ2) is 6.01. The fourth-order valence-electron chi connectivity index (χ4n) is 2.95. The van der Waals surface area contributed by atoms with Crippen molar-refractivity contribution in [3.63, 3.8) is 0 Å². The zero-order valence-corrected chi connectivity index (χ0v) is 15.5. The summed E-state index contributed by atoms with van der Waals surface area (Å²) in [7, 11) is 0. The van der Waals surface area contributed by atoms with Crippen molar-refractivity contribution in [1.29, 1.82) is 0 Å². The number of hydrogen-bond donors (Lipinski definition) is 0. The fourth-order valence-corrected chi connectivity index (χ4v) is 3.21. The number of benzene rings is 2. The molecule has 2 heterocycles. The molecule has 0 aliphatic heterocycles. The average Bonchev–Trinajstić information content (AvgIpc) is 3.00. The van der Waals surface area contributed by atoms with Crippen LogP contribution in [-0.2, 0) is 0 Å². The zero-order valence-electron chi connectivity index (χ0n) is 13.9. The first-order valence-corrected chi connectivity index (χ1v) is 8.79. The number of rotatable bonds is 2. The number of halogens is 1. The Morgan fingerprint density at radius 3 is 2.32 bits per heavy atom. The van der Waals surface area contributed by atoms with E-state index in [1.807, 2.05) is 79.2 Å². The van der Waals surface area contributed by atoms with Crippen LogP contribution in [0.5, 0.6) is 0 Å². The highest BCUT2D eigenvalue weighted by molar-refractivity contribution is 9.10. The van der Waals surface area contributed by atoms with E-state index < -0.39 is 0 Å². The molecule has 0 radical (unpaired) electrons. The smallest absolute Gasteiger partial charge is 0.266 e. The number of aryl methyl sites for hydroxylation is 2. The maximum Gasteiger partial charge on any atom is 0.287 e. The summed E-state index contributed by atoms with van der Waals surface area (Å²) < 4.78 is 4.02. The molecule has 25 heavy (non-hydrogen) atoms. The van der Waals surface area contributed by atoms with Crippen LogP contribution in [0.4, 0.5) is 0 Å². The number of hydrogen-bond acceptors (Lipinski definition) is 2. The van der Waals surface area contributed by atoms with Gasteiger partial charge in [0.15, 0.2) is 5.65 Å². The highest BCUT2D eigenvalue weighted by Crippen LogP contribution is 2.26. The molecule has 0 amide bonds. The molecule has 0 spiro atoms. The number of aromatic nitrogens is 3. The molecule has 0 saturated heterocycles. The lowest BCUT2D eigenvalue weighted by atomic mass is 10.1. The second-order valence-electron chi connectivity index (χ2n) is 6.03. The minimum absolute atomic E-state index is 0.120. The molecule has 4 nitrogen and oxygen atoms in total. The van der Waals surface area contributed by atoms with Gasteiger partial charge in [-0.25, -0.2) is 9.67 Å². The van der Waals surface area contributed by atoms with Gasteiger partial charge < -0.3 is 0 Å². The van der Waals surface area contributed by atoms with Crippen molar-refractivity contribution in [2.75, 3.05) is 0 Å². The van der Waals surface area contributed by atoms with Gasteiger partial charge in [0.25, 0.3) is 5.56 Å². The van der Waals surface area contributed by atoms with Crippen LogP contribution in [0.25, 0.3) is 22.6 Å². The van der Waals surface area contributed by atoms with E-state index in [0.29, 0.717) is 15.8 Å². The second-order valence-corrected chi connectivity index (χ2v) is 6.82. The maximum absolute atomic E-state index is 12.9. The standard InChI is InChI=1S/C20H16BrN3O/c1-13-8-10-16(11-9-13)23-17(15-6-4-3-5-7-15)12-18-22-14(2)19(21)20(25)24(18)23/h3-12H,1-2H3. The van der Waals surface area contributed by atoms with Crippen LogP contribution in [0.2, 0.25) is 0 Å². The Labute approximate surface area is 153 Å². The third-order valence-electron chi connectivity index (χ3n) is 4.24. The van der Waals surface area contributed by atoms with Crippen LogP contribution >= 0.6 is 15.9 Å². The molecule has 2 aromatic heterocycles. The molecule has 4 rings (SSSR count). The highest BCUT2D eigenvalue weighted by atomic mass is 79.9. The molecule has 2 aromatic carbocycles. The van der Waals surface area contributed by atoms with Gasteiger partial charge in [-0.15, -0.1) is 0 Å². The molecule has 5 heteroatoms. The van der Waals surface area contributed by atoms with Crippen LogP contribution in [0, 0.1) is 13.8 Å². The van der Waals surface area contributed by atoms with E-state index >= 15 is 0 Å². The Kier molecular flexibility index (Phi) is 3.81. The topological polar surface area (TPSA) is 39.3 Å². The fraction of sp³-hybridized carbons (Fsp3) is 0.100. The van der Waals surface area contributed by atoms with Crippen molar-refractivity contribution in [2.24, 2.45) is 0 Å². The van der Waals surface area contributed by atoms with Crippen molar-refractivity contribution >= 4 is 21.6 Å². The lowest BCUT2D eigenvalue weighted by molar-refractivity contribution is 0.761. The summed E-state index contributed by atoms with van der Waals surface area (Å²) in [6, 6.07) is 20.1. The van der Waals surface area contributed by atoms with E-state index in [2.05, 4.69) is 20.9 Å². The van der Waals surface area contributed by atoms with Crippen LogP contribution in [0.3, 0.4) is 0 Å². The quantitative estimate of drug-likeness (QED) is 0.501. The van der Waals surface area contributed by atoms with Gasteiger partial charge in [0.1, 0.15) is 4.47 Å². The molecule has 124 valence electrons. The van der Waals surface area contributed by atoms with Crippen molar-refractivity contribution in [1.82, 2.24) is 14.2 Å². The van der Waals surface area contributed by atoms with Gasteiger partial charge >= 0.3 is 0 Å². The van der Waals surface area contributed by atoms with Crippen LogP contribution in [0.15, 0.2) is 69.9 Å². The largest absolute Gasteiger partial charge is 0.287 e. The summed E-state index contributed by atoms with van der Waals surface area (Å²) in [5, 5.41) is 0. The van der Waals surface area contributed by atoms with Crippen LogP contribution in [0.1, 0.15) is 11.3 Å². The molecule has 0 aliphatic carbocycles. The summed E-state index contributed by atoms with van der Waals surface area (Å²) >= 11 is 3.37. The minimum atomic E-state index is -0.120. The molecule has 0 bridgehead atoms. The molecule has 0 saturated carbocycles. The van der Waals surface area contributed by atoms with E-state index in [0.717, 1.165) is 16.9 Å². The first-order chi connectivity index (χ1) is 12.1. The normalized spacial score (nSPS) is 11.2. The van der Waals surface area contributed by atoms with Crippen LogP contribution in [-0.4, -0.2) is 14.2 Å². The average molecular weight is 394 g/mol. The molecular formula is C20H16BrN3O. The lowest BCUT2D eigenvalue weighted by Gasteiger charge is -2.12. The molecular weight excluding hydrogens is 378 g/mol. The Morgan fingerprint density at radius 2 is 1.64 bits per heavy atom. The van der Waals surface area contributed by atoms with Crippen molar-refractivity contribution in [3.8, 4) is 16.9 Å². The van der Waals surface area contributed by atoms with E-state index in [4.69, 9.17) is 0 Å². The van der Waals surface area contributed by atoms with Crippen molar-refractivity contribution in [2.45, 2.75) is 13.8 Å². The van der Waals surface area contributed by atoms with E-state index in [9.17, 15) is 4.79 Å². The third kappa shape index (κ3) is 2.61. The van der Waals surface area contributed by atoms with E-state index in [1.165, 1.54) is 5.56 Å². The van der Waals surface area contributed by atoms with E-state index in [1.54, 1.807) is 4.52 Å². The summed E-state index contributed by atoms with van der Waals surface area (Å²) in [4.78, 5) is 17.5. The Morgan fingerprint density at radius 1 is 0.960 bits per heavy atom. The van der Waals surface area contributed by atoms with Crippen molar-refractivity contribution < 1.29 is 0 Å². The number of fused-ring (bicyclic) bond motifs is 1. The van der Waals surface area contributed by atoms with Gasteiger partial charge in [-0.05, 0) is 41.9 Å². The van der Waals surface area contributed by atoms with Gasteiger partial charge in [0.05, 0.1) is 17.1 Å². The zero-order chi connectivity index (χ0) is 17.6. The van der Waals surface area contributed by atoms with Gasteiger partial charge in [-0.2, -0.15) is 4.52 Å². The highest BCUT2D eigenvalue weighted by Gasteiger charge is 2.17. The van der Waals surface area contributed by atoms with Crippen LogP contribution < -0.4 is 5.56 Å². The number of nitrogens with zero attached hydrogens (tertiary/aromatic N) is 3. The van der Waals surface area contributed by atoms with Gasteiger partial charge in [0, 0.05) is 11.6 Å². The third-order valence-corrected chi connectivity index (χ3v) is 5.15. The molecule has 0 N–H and O–H groups in total. The summed E-state index contributed by atoms with van der Waals surface area (Å²) in [5.74, 6) is 0. The van der Waals surface area contributed by atoms with Gasteiger partial charge in [-0.1, -0.05) is 48.0 Å². The Balaban J connectivity index is 2.15. The summed E-state index contributed by atoms with van der Waals surface area (Å²) in [6.07, 6.45) is 0. The predicted octanol–water partition coefficient (Wildman–Crippen LogP) is 4.53. The lowest BCUT2D eigenvalue weighted by Crippen LogP contribution is -2.22. The molecule has 0 unspecified atom stereocenters. The first kappa shape index (κ1) is 15.8. The van der Waals surface area contributed by atoms with Gasteiger partial charge in [0.2, 0.25) is 0 Å². The summed E-state index contributed by atoms with van der Waals surface area (Å²) in [5.41, 5.74) is 5.23. The summed E-state index contributed by atoms with van der Waals surface area (Å²) in [6.45, 7) is 3.88. The van der Waals surface area contributed by atoms with Gasteiger partial charge in [-0.3, -0.25) is 4.79 Å². The molecule has 0 atom stereocenters. The monoisotopic (exact) mass is 393 g/mol. The Bertz CT molecular complexity index is 1130. The first-order valence-electron chi connectivity index (χ1n) is 7.99. The molecule has 0 fully saturated rings. The SMILES string of the molecule is Cc1ccc(-n2c(-c3ccccc3)cc3nc(C)c(Br)c(=O)n32)cc1. The Hall–Kier alpha value is -2.66. The van der Waals surface area contributed by atoms with Crippen molar-refractivity contribution in [3.05, 3.63) is 86.7 Å². The predicted molar refractivity (Wildman–Crippen MR) is 103 cm³/mol. The maximum atomic E-state index is 12.9. The molecule has 0 aliphatic rings.